The number of nitriles is 2. The van der Waals surface area contributed by atoms with Crippen molar-refractivity contribution in [2.24, 2.45) is 5.73 Å². The Balaban J connectivity index is 2.48. The van der Waals surface area contributed by atoms with E-state index in [0.717, 1.165) is 28.8 Å². The molecule has 26 heavy (non-hydrogen) atoms. The fourth-order valence-corrected chi connectivity index (χ4v) is 3.71. The monoisotopic (exact) mass is 352 g/mol. The van der Waals surface area contributed by atoms with Crippen LogP contribution in [0.25, 0.3) is 6.08 Å². The van der Waals surface area contributed by atoms with Crippen molar-refractivity contribution in [2.75, 3.05) is 18.1 Å². The molecule has 0 bridgehead atoms. The van der Waals surface area contributed by atoms with Gasteiger partial charge in [-0.15, -0.1) is 0 Å². The third-order valence-electron chi connectivity index (χ3n) is 4.87. The van der Waals surface area contributed by atoms with Gasteiger partial charge in [0.05, 0.1) is 6.54 Å². The Morgan fingerprint density at radius 2 is 2.08 bits per heavy atom. The molecular weight excluding hydrogens is 328 g/mol. The van der Waals surface area contributed by atoms with Crippen LogP contribution in [0, 0.1) is 29.6 Å². The Morgan fingerprint density at radius 3 is 2.65 bits per heavy atom. The minimum Gasteiger partial charge on any atom is -0.448 e. The Hall–Kier alpha value is -2.99. The summed E-state index contributed by atoms with van der Waals surface area (Å²) in [5, 5.41) is 18.0. The minimum atomic E-state index is -0.773. The first kappa shape index (κ1) is 19.3. The fourth-order valence-electron chi connectivity index (χ4n) is 3.71. The van der Waals surface area contributed by atoms with Crippen molar-refractivity contribution >= 4 is 17.9 Å². The van der Waals surface area contributed by atoms with Gasteiger partial charge in [-0.2, -0.15) is 10.5 Å². The summed E-state index contributed by atoms with van der Waals surface area (Å²) in [6.07, 6.45) is 1.79. The van der Waals surface area contributed by atoms with E-state index in [9.17, 15) is 4.79 Å². The number of anilines is 1. The molecule has 6 heteroatoms. The van der Waals surface area contributed by atoms with Crippen molar-refractivity contribution in [1.82, 2.24) is 0 Å². The molecule has 136 valence electrons. The second-order valence-corrected chi connectivity index (χ2v) is 7.29. The maximum atomic E-state index is 10.9. The molecule has 0 fully saturated rings. The van der Waals surface area contributed by atoms with Gasteiger partial charge in [-0.3, -0.25) is 0 Å². The van der Waals surface area contributed by atoms with Gasteiger partial charge in [0, 0.05) is 11.2 Å². The Labute approximate surface area is 154 Å². The predicted molar refractivity (Wildman–Crippen MR) is 100 cm³/mol. The molecule has 2 N–H and O–H groups in total. The van der Waals surface area contributed by atoms with Crippen molar-refractivity contribution < 1.29 is 9.53 Å². The van der Waals surface area contributed by atoms with Crippen LogP contribution in [0.2, 0.25) is 0 Å². The Kier molecular flexibility index (Phi) is 5.57. The van der Waals surface area contributed by atoms with E-state index < -0.39 is 6.09 Å². The van der Waals surface area contributed by atoms with Gasteiger partial charge in [-0.05, 0) is 68.0 Å². The molecular formula is C20H24N4O2. The first-order valence-corrected chi connectivity index (χ1v) is 8.56. The summed E-state index contributed by atoms with van der Waals surface area (Å²) in [4.78, 5) is 13.1. The third kappa shape index (κ3) is 3.97. The second kappa shape index (κ2) is 7.49. The van der Waals surface area contributed by atoms with Gasteiger partial charge < -0.3 is 15.4 Å². The molecule has 0 saturated carbocycles. The average molecular weight is 352 g/mol. The van der Waals surface area contributed by atoms with E-state index >= 15 is 0 Å². The van der Waals surface area contributed by atoms with Crippen molar-refractivity contribution in [3.63, 3.8) is 0 Å². The lowest BCUT2D eigenvalue weighted by molar-refractivity contribution is 0.156. The SMILES string of the molecule is Cc1cc2c(cc1C=C(C#N)C#N)C(C)CC(C)(C)N2CCOC(N)=O. The van der Waals surface area contributed by atoms with Gasteiger partial charge in [0.1, 0.15) is 24.3 Å². The standard InChI is InChI=1S/C20H24N4O2/c1-13-7-18-17(9-16(13)8-15(11-21)12-22)14(2)10-20(3,4)24(18)5-6-26-19(23)25/h7-9,14H,5-6,10H2,1-4H3,(H2,23,25). The molecule has 1 amide bonds. The molecule has 1 aliphatic heterocycles. The number of rotatable bonds is 4. The molecule has 1 aromatic carbocycles. The lowest BCUT2D eigenvalue weighted by Crippen LogP contribution is -2.50. The van der Waals surface area contributed by atoms with Gasteiger partial charge in [-0.1, -0.05) is 6.92 Å². The number of nitrogens with zero attached hydrogens (tertiary/aromatic N) is 3. The highest BCUT2D eigenvalue weighted by Gasteiger charge is 2.36. The summed E-state index contributed by atoms with van der Waals surface area (Å²) >= 11 is 0. The highest BCUT2D eigenvalue weighted by atomic mass is 16.5. The van der Waals surface area contributed by atoms with Gasteiger partial charge >= 0.3 is 6.09 Å². The smallest absolute Gasteiger partial charge is 0.404 e. The van der Waals surface area contributed by atoms with Crippen molar-refractivity contribution in [1.29, 1.82) is 10.5 Å². The molecule has 1 aromatic rings. The number of amides is 1. The van der Waals surface area contributed by atoms with E-state index in [1.54, 1.807) is 6.08 Å². The summed E-state index contributed by atoms with van der Waals surface area (Å²) < 4.78 is 4.93. The summed E-state index contributed by atoms with van der Waals surface area (Å²) in [6, 6.07) is 7.95. The summed E-state index contributed by atoms with van der Waals surface area (Å²) in [5.74, 6) is 0.327. The van der Waals surface area contributed by atoms with Gasteiger partial charge in [0.15, 0.2) is 0 Å². The highest BCUT2D eigenvalue weighted by Crippen LogP contribution is 2.44. The van der Waals surface area contributed by atoms with E-state index in [2.05, 4.69) is 37.8 Å². The first-order valence-electron chi connectivity index (χ1n) is 8.56. The predicted octanol–water partition coefficient (Wildman–Crippen LogP) is 3.61. The molecule has 1 aliphatic rings. The number of aryl methyl sites for hydroxylation is 1. The van der Waals surface area contributed by atoms with Gasteiger partial charge in [0.2, 0.25) is 0 Å². The molecule has 0 radical (unpaired) electrons. The van der Waals surface area contributed by atoms with Crippen molar-refractivity contribution in [3.8, 4) is 12.1 Å². The number of carbonyl (C=O) groups excluding carboxylic acids is 1. The molecule has 0 aliphatic carbocycles. The molecule has 0 saturated heterocycles. The normalized spacial score (nSPS) is 17.5. The largest absolute Gasteiger partial charge is 0.448 e. The second-order valence-electron chi connectivity index (χ2n) is 7.29. The van der Waals surface area contributed by atoms with Crippen LogP contribution in [0.4, 0.5) is 10.5 Å². The van der Waals surface area contributed by atoms with Crippen LogP contribution in [-0.4, -0.2) is 24.8 Å². The van der Waals surface area contributed by atoms with E-state index in [4.69, 9.17) is 21.0 Å². The third-order valence-corrected chi connectivity index (χ3v) is 4.87. The van der Waals surface area contributed by atoms with Crippen LogP contribution < -0.4 is 10.6 Å². The number of carbonyl (C=O) groups is 1. The quantitative estimate of drug-likeness (QED) is 0.834. The van der Waals surface area contributed by atoms with E-state index in [1.165, 1.54) is 0 Å². The first-order chi connectivity index (χ1) is 12.2. The fraction of sp³-hybridized carbons (Fsp3) is 0.450. The number of allylic oxidation sites excluding steroid dienone is 1. The average Bonchev–Trinajstić information content (AvgIpc) is 2.55. The summed E-state index contributed by atoms with van der Waals surface area (Å²) in [5.41, 5.74) is 9.17. The minimum absolute atomic E-state index is 0.0866. The van der Waals surface area contributed by atoms with Crippen LogP contribution in [0.15, 0.2) is 17.7 Å². The lowest BCUT2D eigenvalue weighted by Gasteiger charge is -2.47. The number of benzene rings is 1. The molecule has 1 unspecified atom stereocenters. The number of hydrogen-bond donors (Lipinski definition) is 1. The van der Waals surface area contributed by atoms with Crippen molar-refractivity contribution in [2.45, 2.75) is 45.6 Å². The molecule has 1 heterocycles. The van der Waals surface area contributed by atoms with Crippen LogP contribution in [-0.2, 0) is 4.74 Å². The van der Waals surface area contributed by atoms with Crippen LogP contribution in [0.5, 0.6) is 0 Å². The zero-order chi connectivity index (χ0) is 19.5. The maximum Gasteiger partial charge on any atom is 0.404 e. The van der Waals surface area contributed by atoms with Gasteiger partial charge in [0.25, 0.3) is 0 Å². The maximum absolute atomic E-state index is 10.9. The highest BCUT2D eigenvalue weighted by molar-refractivity contribution is 5.71. The number of ether oxygens (including phenoxy) is 1. The van der Waals surface area contributed by atoms with Crippen LogP contribution >= 0.6 is 0 Å². The summed E-state index contributed by atoms with van der Waals surface area (Å²) in [7, 11) is 0. The zero-order valence-electron chi connectivity index (χ0n) is 15.7. The summed E-state index contributed by atoms with van der Waals surface area (Å²) in [6.45, 7) is 9.25. The topological polar surface area (TPSA) is 103 Å². The molecule has 0 aromatic heterocycles. The Morgan fingerprint density at radius 1 is 1.42 bits per heavy atom. The Bertz CT molecular complexity index is 811. The van der Waals surface area contributed by atoms with Crippen molar-refractivity contribution in [3.05, 3.63) is 34.4 Å². The zero-order valence-corrected chi connectivity index (χ0v) is 15.7. The molecule has 6 nitrogen and oxygen atoms in total. The number of hydrogen-bond acceptors (Lipinski definition) is 5. The molecule has 0 spiro atoms. The number of nitrogens with two attached hydrogens (primary N) is 1. The lowest BCUT2D eigenvalue weighted by atomic mass is 9.79. The van der Waals surface area contributed by atoms with Crippen LogP contribution in [0.1, 0.15) is 49.8 Å². The van der Waals surface area contributed by atoms with Crippen LogP contribution in [0.3, 0.4) is 0 Å². The number of fused-ring (bicyclic) bond motifs is 1. The van der Waals surface area contributed by atoms with E-state index in [1.807, 2.05) is 19.1 Å². The molecule has 2 rings (SSSR count). The molecule has 1 atom stereocenters. The van der Waals surface area contributed by atoms with E-state index in [-0.39, 0.29) is 17.7 Å². The van der Waals surface area contributed by atoms with E-state index in [0.29, 0.717) is 12.5 Å². The van der Waals surface area contributed by atoms with Gasteiger partial charge in [-0.25, -0.2) is 4.79 Å². The number of primary amides is 1.